The van der Waals surface area contributed by atoms with Crippen molar-refractivity contribution in [3.05, 3.63) is 24.2 Å². The molecule has 0 radical (unpaired) electrons. The molecule has 1 amide bonds. The molecule has 2 heterocycles. The Labute approximate surface area is 141 Å². The van der Waals surface area contributed by atoms with Crippen LogP contribution >= 0.6 is 0 Å². The van der Waals surface area contributed by atoms with Gasteiger partial charge in [-0.25, -0.2) is 4.98 Å². The number of pyridine rings is 1. The predicted molar refractivity (Wildman–Crippen MR) is 90.3 cm³/mol. The van der Waals surface area contributed by atoms with E-state index in [0.717, 1.165) is 5.56 Å². The molecule has 7 nitrogen and oxygen atoms in total. The van der Waals surface area contributed by atoms with Crippen LogP contribution in [0.1, 0.15) is 37.9 Å². The Balaban J connectivity index is 1.42. The number of nitrogens with one attached hydrogen (secondary N) is 2. The molecule has 0 atom stereocenters. The number of carbonyl (C=O) groups is 1. The Hall–Kier alpha value is -2.44. The Kier molecular flexibility index (Phi) is 5.40. The van der Waals surface area contributed by atoms with E-state index >= 15 is 0 Å². The first kappa shape index (κ1) is 16.4. The molecule has 0 unspecified atom stereocenters. The summed E-state index contributed by atoms with van der Waals surface area (Å²) in [5, 5.41) is 9.94. The third kappa shape index (κ3) is 4.53. The maximum atomic E-state index is 11.9. The molecule has 2 aromatic rings. The molecule has 2 N–H and O–H groups in total. The topological polar surface area (TPSA) is 92.9 Å². The maximum Gasteiger partial charge on any atom is 0.258 e. The van der Waals surface area contributed by atoms with E-state index in [1.807, 2.05) is 12.1 Å². The summed E-state index contributed by atoms with van der Waals surface area (Å²) >= 11 is 0. The summed E-state index contributed by atoms with van der Waals surface area (Å²) < 4.78 is 5.15. The number of hydrogen-bond donors (Lipinski definition) is 2. The zero-order valence-corrected chi connectivity index (χ0v) is 13.9. The Morgan fingerprint density at radius 3 is 2.92 bits per heavy atom. The number of aryl methyl sites for hydroxylation is 1. The molecule has 1 fully saturated rings. The number of nitrogens with zero attached hydrogens (tertiary/aromatic N) is 3. The lowest BCUT2D eigenvalue weighted by Gasteiger charge is -2.10. The van der Waals surface area contributed by atoms with E-state index in [-0.39, 0.29) is 5.91 Å². The molecule has 1 aliphatic rings. The van der Waals surface area contributed by atoms with Gasteiger partial charge in [0, 0.05) is 31.3 Å². The number of carbonyl (C=O) groups excluding carboxylic acids is 1. The first-order valence-electron chi connectivity index (χ1n) is 8.48. The highest BCUT2D eigenvalue weighted by Gasteiger charge is 2.17. The smallest absolute Gasteiger partial charge is 0.258 e. The van der Waals surface area contributed by atoms with Crippen LogP contribution in [-0.4, -0.2) is 34.1 Å². The van der Waals surface area contributed by atoms with Crippen molar-refractivity contribution in [2.45, 2.75) is 39.0 Å². The van der Waals surface area contributed by atoms with Crippen LogP contribution in [0, 0.1) is 12.8 Å². The van der Waals surface area contributed by atoms with Crippen molar-refractivity contribution in [1.29, 1.82) is 0 Å². The molecule has 3 rings (SSSR count). The minimum atomic E-state index is 0.145. The normalized spacial score (nSPS) is 14.7. The van der Waals surface area contributed by atoms with Crippen LogP contribution in [0.2, 0.25) is 0 Å². The molecule has 0 aliphatic heterocycles. The van der Waals surface area contributed by atoms with Gasteiger partial charge in [-0.15, -0.1) is 0 Å². The van der Waals surface area contributed by atoms with Crippen molar-refractivity contribution in [3.63, 3.8) is 0 Å². The fourth-order valence-electron chi connectivity index (χ4n) is 3.02. The van der Waals surface area contributed by atoms with Gasteiger partial charge in [0.2, 0.25) is 5.91 Å². The molecule has 1 aliphatic carbocycles. The molecular formula is C17H23N5O2. The van der Waals surface area contributed by atoms with Crippen LogP contribution in [0.4, 0.5) is 5.82 Å². The highest BCUT2D eigenvalue weighted by atomic mass is 16.5. The maximum absolute atomic E-state index is 11.9. The van der Waals surface area contributed by atoms with Gasteiger partial charge in [-0.2, -0.15) is 4.98 Å². The number of rotatable bonds is 7. The Bertz CT molecular complexity index is 679. The summed E-state index contributed by atoms with van der Waals surface area (Å²) in [6.45, 7) is 2.98. The van der Waals surface area contributed by atoms with Crippen LogP contribution in [-0.2, 0) is 4.79 Å². The van der Waals surface area contributed by atoms with Crippen molar-refractivity contribution in [1.82, 2.24) is 20.4 Å². The summed E-state index contributed by atoms with van der Waals surface area (Å²) in [5.74, 6) is 2.51. The third-order valence-electron chi connectivity index (χ3n) is 4.24. The molecule has 7 heteroatoms. The summed E-state index contributed by atoms with van der Waals surface area (Å²) in [6.07, 6.45) is 7.26. The average molecular weight is 329 g/mol. The van der Waals surface area contributed by atoms with Gasteiger partial charge in [-0.05, 0) is 37.8 Å². The average Bonchev–Trinajstić information content (AvgIpc) is 3.23. The van der Waals surface area contributed by atoms with E-state index in [1.54, 1.807) is 13.1 Å². The van der Waals surface area contributed by atoms with Gasteiger partial charge < -0.3 is 15.2 Å². The van der Waals surface area contributed by atoms with E-state index in [2.05, 4.69) is 25.8 Å². The van der Waals surface area contributed by atoms with Crippen LogP contribution in [0.3, 0.4) is 0 Å². The van der Waals surface area contributed by atoms with E-state index in [4.69, 9.17) is 4.52 Å². The first-order chi connectivity index (χ1) is 11.7. The predicted octanol–water partition coefficient (Wildman–Crippen LogP) is 2.55. The lowest BCUT2D eigenvalue weighted by atomic mass is 10.0. The second-order valence-corrected chi connectivity index (χ2v) is 6.21. The van der Waals surface area contributed by atoms with Gasteiger partial charge in [0.1, 0.15) is 5.82 Å². The van der Waals surface area contributed by atoms with Gasteiger partial charge in [0.25, 0.3) is 5.89 Å². The number of amides is 1. The number of hydrogen-bond acceptors (Lipinski definition) is 6. The van der Waals surface area contributed by atoms with Crippen LogP contribution < -0.4 is 10.6 Å². The van der Waals surface area contributed by atoms with Gasteiger partial charge in [0.05, 0.1) is 0 Å². The van der Waals surface area contributed by atoms with Crippen molar-refractivity contribution in [2.24, 2.45) is 5.92 Å². The number of anilines is 1. The third-order valence-corrected chi connectivity index (χ3v) is 4.24. The highest BCUT2D eigenvalue weighted by molar-refractivity contribution is 5.76. The molecule has 0 spiro atoms. The zero-order chi connectivity index (χ0) is 16.8. The summed E-state index contributed by atoms with van der Waals surface area (Å²) in [5.41, 5.74) is 0.818. The fraction of sp³-hybridized carbons (Fsp3) is 0.529. The molecular weight excluding hydrogens is 306 g/mol. The van der Waals surface area contributed by atoms with Gasteiger partial charge >= 0.3 is 0 Å². The molecule has 2 aromatic heterocycles. The van der Waals surface area contributed by atoms with E-state index in [0.29, 0.717) is 43.0 Å². The highest BCUT2D eigenvalue weighted by Crippen LogP contribution is 2.27. The minimum Gasteiger partial charge on any atom is -0.368 e. The molecule has 24 heavy (non-hydrogen) atoms. The SMILES string of the molecule is Cc1noc(-c2ccnc(NCCNC(=O)CC3CCCC3)c2)n1. The summed E-state index contributed by atoms with van der Waals surface area (Å²) in [7, 11) is 0. The van der Waals surface area contributed by atoms with Crippen LogP contribution in [0.25, 0.3) is 11.5 Å². The molecule has 1 saturated carbocycles. The Morgan fingerprint density at radius 2 is 2.17 bits per heavy atom. The number of aromatic nitrogens is 3. The van der Waals surface area contributed by atoms with Crippen molar-refractivity contribution in [3.8, 4) is 11.5 Å². The van der Waals surface area contributed by atoms with Gasteiger partial charge in [-0.3, -0.25) is 4.79 Å². The van der Waals surface area contributed by atoms with Gasteiger partial charge in [0.15, 0.2) is 5.82 Å². The van der Waals surface area contributed by atoms with Crippen molar-refractivity contribution in [2.75, 3.05) is 18.4 Å². The molecule has 128 valence electrons. The Morgan fingerprint density at radius 1 is 1.33 bits per heavy atom. The largest absolute Gasteiger partial charge is 0.368 e. The van der Waals surface area contributed by atoms with Crippen molar-refractivity contribution >= 4 is 11.7 Å². The van der Waals surface area contributed by atoms with E-state index < -0.39 is 0 Å². The lowest BCUT2D eigenvalue weighted by Crippen LogP contribution is -2.29. The first-order valence-corrected chi connectivity index (χ1v) is 8.48. The van der Waals surface area contributed by atoms with E-state index in [9.17, 15) is 4.79 Å². The lowest BCUT2D eigenvalue weighted by molar-refractivity contribution is -0.121. The zero-order valence-electron chi connectivity index (χ0n) is 13.9. The molecule has 0 bridgehead atoms. The molecule has 0 saturated heterocycles. The standard InChI is InChI=1S/C17H23N5O2/c1-12-21-17(24-22-12)14-6-7-18-15(11-14)19-8-9-20-16(23)10-13-4-2-3-5-13/h6-7,11,13H,2-5,8-10H2,1H3,(H,18,19)(H,20,23). The van der Waals surface area contributed by atoms with Gasteiger partial charge in [-0.1, -0.05) is 18.0 Å². The quantitative estimate of drug-likeness (QED) is 0.758. The fourth-order valence-corrected chi connectivity index (χ4v) is 3.02. The minimum absolute atomic E-state index is 0.145. The van der Waals surface area contributed by atoms with E-state index in [1.165, 1.54) is 25.7 Å². The van der Waals surface area contributed by atoms with Crippen LogP contribution in [0.5, 0.6) is 0 Å². The monoisotopic (exact) mass is 329 g/mol. The van der Waals surface area contributed by atoms with Crippen LogP contribution in [0.15, 0.2) is 22.9 Å². The summed E-state index contributed by atoms with van der Waals surface area (Å²) in [6, 6.07) is 3.68. The molecule has 0 aromatic carbocycles. The summed E-state index contributed by atoms with van der Waals surface area (Å²) in [4.78, 5) is 20.3. The second kappa shape index (κ2) is 7.90. The van der Waals surface area contributed by atoms with Crippen molar-refractivity contribution < 1.29 is 9.32 Å². The second-order valence-electron chi connectivity index (χ2n) is 6.21.